The lowest BCUT2D eigenvalue weighted by molar-refractivity contribution is -0.121. The van der Waals surface area contributed by atoms with Crippen molar-refractivity contribution in [2.24, 2.45) is 0 Å². The molecule has 5 heteroatoms. The SMILES string of the molecule is C[C@H](C(=O)NC1CCCC1)[S@@](=O)Cc1ccc(F)cc1. The molecule has 2 atom stereocenters. The molecular formula is C15H20FNO2S. The highest BCUT2D eigenvalue weighted by atomic mass is 32.2. The first-order valence-electron chi connectivity index (χ1n) is 6.98. The average molecular weight is 297 g/mol. The maximum absolute atomic E-state index is 12.8. The molecule has 1 aromatic rings. The lowest BCUT2D eigenvalue weighted by Gasteiger charge is -2.16. The number of benzene rings is 1. The van der Waals surface area contributed by atoms with Crippen molar-refractivity contribution in [3.63, 3.8) is 0 Å². The molecule has 110 valence electrons. The van der Waals surface area contributed by atoms with Gasteiger partial charge >= 0.3 is 0 Å². The zero-order chi connectivity index (χ0) is 14.5. The van der Waals surface area contributed by atoms with Crippen LogP contribution in [-0.4, -0.2) is 21.4 Å². The molecule has 0 aliphatic heterocycles. The first-order chi connectivity index (χ1) is 9.56. The van der Waals surface area contributed by atoms with Crippen LogP contribution in [-0.2, 0) is 21.3 Å². The minimum absolute atomic E-state index is 0.141. The first kappa shape index (κ1) is 15.2. The van der Waals surface area contributed by atoms with Crippen molar-refractivity contribution in [2.45, 2.75) is 49.7 Å². The van der Waals surface area contributed by atoms with Gasteiger partial charge in [-0.25, -0.2) is 4.39 Å². The largest absolute Gasteiger partial charge is 0.352 e. The maximum atomic E-state index is 12.8. The Morgan fingerprint density at radius 2 is 1.95 bits per heavy atom. The van der Waals surface area contributed by atoms with Crippen molar-refractivity contribution in [3.05, 3.63) is 35.6 Å². The van der Waals surface area contributed by atoms with Gasteiger partial charge in [-0.15, -0.1) is 0 Å². The van der Waals surface area contributed by atoms with E-state index in [1.807, 2.05) is 0 Å². The Bertz CT molecular complexity index is 483. The quantitative estimate of drug-likeness (QED) is 0.908. The Morgan fingerprint density at radius 1 is 1.35 bits per heavy atom. The van der Waals surface area contributed by atoms with E-state index < -0.39 is 16.0 Å². The van der Waals surface area contributed by atoms with Gasteiger partial charge in [0.15, 0.2) is 0 Å². The van der Waals surface area contributed by atoms with Crippen molar-refractivity contribution >= 4 is 16.7 Å². The molecule has 1 fully saturated rings. The number of halogens is 1. The van der Waals surface area contributed by atoms with Crippen LogP contribution in [0.4, 0.5) is 4.39 Å². The van der Waals surface area contributed by atoms with Crippen molar-refractivity contribution in [1.29, 1.82) is 0 Å². The molecule has 0 saturated heterocycles. The summed E-state index contributed by atoms with van der Waals surface area (Å²) in [6, 6.07) is 6.14. The summed E-state index contributed by atoms with van der Waals surface area (Å²) in [4.78, 5) is 12.0. The van der Waals surface area contributed by atoms with Gasteiger partial charge in [-0.2, -0.15) is 0 Å². The number of carbonyl (C=O) groups is 1. The second-order valence-corrected chi connectivity index (χ2v) is 7.04. The molecule has 0 aromatic heterocycles. The average Bonchev–Trinajstić information content (AvgIpc) is 2.93. The lowest BCUT2D eigenvalue weighted by atomic mass is 10.2. The van der Waals surface area contributed by atoms with Crippen LogP contribution in [0.3, 0.4) is 0 Å². The Morgan fingerprint density at radius 3 is 2.55 bits per heavy atom. The highest BCUT2D eigenvalue weighted by Gasteiger charge is 2.24. The minimum atomic E-state index is -1.29. The van der Waals surface area contributed by atoms with Crippen molar-refractivity contribution in [3.8, 4) is 0 Å². The van der Waals surface area contributed by atoms with Gasteiger partial charge in [-0.3, -0.25) is 9.00 Å². The fraction of sp³-hybridized carbons (Fsp3) is 0.533. The highest BCUT2D eigenvalue weighted by molar-refractivity contribution is 7.85. The van der Waals surface area contributed by atoms with Gasteiger partial charge in [-0.1, -0.05) is 25.0 Å². The summed E-state index contributed by atoms with van der Waals surface area (Å²) in [7, 11) is -1.29. The zero-order valence-corrected chi connectivity index (χ0v) is 12.4. The van der Waals surface area contributed by atoms with Gasteiger partial charge in [0.2, 0.25) is 5.91 Å². The summed E-state index contributed by atoms with van der Waals surface area (Å²) >= 11 is 0. The Labute approximate surface area is 121 Å². The van der Waals surface area contributed by atoms with E-state index in [9.17, 15) is 13.4 Å². The molecular weight excluding hydrogens is 277 g/mol. The molecule has 1 amide bonds. The van der Waals surface area contributed by atoms with Crippen molar-refractivity contribution in [1.82, 2.24) is 5.32 Å². The standard InChI is InChI=1S/C15H20FNO2S/c1-11(15(18)17-14-4-2-3-5-14)20(19)10-12-6-8-13(16)9-7-12/h6-9,11,14H,2-5,10H2,1H3,(H,17,18)/t11-,20+/m1/s1. The summed E-state index contributed by atoms with van der Waals surface area (Å²) in [6.45, 7) is 1.68. The third kappa shape index (κ3) is 4.13. The number of carbonyl (C=O) groups excluding carboxylic acids is 1. The normalized spacial score (nSPS) is 18.7. The van der Waals surface area contributed by atoms with E-state index >= 15 is 0 Å². The van der Waals surface area contributed by atoms with Gasteiger partial charge in [0.25, 0.3) is 0 Å². The summed E-state index contributed by atoms with van der Waals surface area (Å²) in [5.74, 6) is -0.177. The Hall–Kier alpha value is -1.23. The molecule has 0 spiro atoms. The molecule has 0 radical (unpaired) electrons. The highest BCUT2D eigenvalue weighted by Crippen LogP contribution is 2.18. The van der Waals surface area contributed by atoms with Crippen LogP contribution >= 0.6 is 0 Å². The Kier molecular flexibility index (Phi) is 5.29. The van der Waals surface area contributed by atoms with Gasteiger partial charge in [-0.05, 0) is 37.5 Å². The van der Waals surface area contributed by atoms with E-state index in [0.29, 0.717) is 0 Å². The van der Waals surface area contributed by atoms with Crippen LogP contribution in [0.1, 0.15) is 38.2 Å². The number of amides is 1. The molecule has 3 nitrogen and oxygen atoms in total. The number of hydrogen-bond donors (Lipinski definition) is 1. The number of nitrogens with one attached hydrogen (secondary N) is 1. The van der Waals surface area contributed by atoms with Crippen molar-refractivity contribution < 1.29 is 13.4 Å². The predicted molar refractivity (Wildman–Crippen MR) is 78.1 cm³/mol. The van der Waals surface area contributed by atoms with Crippen LogP contribution in [0.25, 0.3) is 0 Å². The number of rotatable bonds is 5. The van der Waals surface area contributed by atoms with E-state index in [1.165, 1.54) is 12.1 Å². The maximum Gasteiger partial charge on any atom is 0.235 e. The van der Waals surface area contributed by atoms with Gasteiger partial charge in [0.05, 0.1) is 0 Å². The molecule has 0 heterocycles. The minimum Gasteiger partial charge on any atom is -0.352 e. The fourth-order valence-corrected chi connectivity index (χ4v) is 3.46. The molecule has 1 aromatic carbocycles. The third-order valence-corrected chi connectivity index (χ3v) is 5.31. The van der Waals surface area contributed by atoms with Crippen LogP contribution in [0.2, 0.25) is 0 Å². The van der Waals surface area contributed by atoms with Crippen LogP contribution in [0.5, 0.6) is 0 Å². The van der Waals surface area contributed by atoms with Crippen LogP contribution < -0.4 is 5.32 Å². The van der Waals surface area contributed by atoms with Crippen molar-refractivity contribution in [2.75, 3.05) is 0 Å². The summed E-state index contributed by atoms with van der Waals surface area (Å²) in [5, 5.41) is 2.42. The fourth-order valence-electron chi connectivity index (χ4n) is 2.38. The van der Waals surface area contributed by atoms with E-state index in [2.05, 4.69) is 5.32 Å². The van der Waals surface area contributed by atoms with Gasteiger partial charge < -0.3 is 5.32 Å². The molecule has 0 unspecified atom stereocenters. The first-order valence-corrected chi connectivity index (χ1v) is 8.36. The second kappa shape index (κ2) is 6.97. The molecule has 1 aliphatic rings. The zero-order valence-electron chi connectivity index (χ0n) is 11.6. The summed E-state index contributed by atoms with van der Waals surface area (Å²) in [5.41, 5.74) is 0.783. The molecule has 1 N–H and O–H groups in total. The molecule has 2 rings (SSSR count). The van der Waals surface area contributed by atoms with Gasteiger partial charge in [0, 0.05) is 22.6 Å². The molecule has 0 bridgehead atoms. The van der Waals surface area contributed by atoms with E-state index in [0.717, 1.165) is 31.2 Å². The van der Waals surface area contributed by atoms with Crippen LogP contribution in [0, 0.1) is 5.82 Å². The topological polar surface area (TPSA) is 46.2 Å². The smallest absolute Gasteiger partial charge is 0.235 e. The van der Waals surface area contributed by atoms with E-state index in [-0.39, 0.29) is 23.5 Å². The second-order valence-electron chi connectivity index (χ2n) is 5.28. The monoisotopic (exact) mass is 297 g/mol. The van der Waals surface area contributed by atoms with E-state index in [1.54, 1.807) is 19.1 Å². The predicted octanol–water partition coefficient (Wildman–Crippen LogP) is 2.52. The number of hydrogen-bond acceptors (Lipinski definition) is 2. The van der Waals surface area contributed by atoms with Gasteiger partial charge in [0.1, 0.15) is 11.1 Å². The summed E-state index contributed by atoms with van der Waals surface area (Å²) in [6.07, 6.45) is 4.34. The third-order valence-electron chi connectivity index (χ3n) is 3.69. The molecule has 1 saturated carbocycles. The molecule has 1 aliphatic carbocycles. The Balaban J connectivity index is 1.87. The lowest BCUT2D eigenvalue weighted by Crippen LogP contribution is -2.40. The summed E-state index contributed by atoms with van der Waals surface area (Å²) < 4.78 is 25.0. The molecule has 20 heavy (non-hydrogen) atoms. The van der Waals surface area contributed by atoms with E-state index in [4.69, 9.17) is 0 Å². The van der Waals surface area contributed by atoms with Crippen LogP contribution in [0.15, 0.2) is 24.3 Å².